The van der Waals surface area contributed by atoms with Crippen LogP contribution in [0.2, 0.25) is 0 Å². The van der Waals surface area contributed by atoms with E-state index in [-0.39, 0.29) is 5.91 Å². The first kappa shape index (κ1) is 14.9. The quantitative estimate of drug-likeness (QED) is 0.865. The molecule has 0 aliphatic carbocycles. The number of nitrogens with one attached hydrogen (secondary N) is 1. The van der Waals surface area contributed by atoms with Gasteiger partial charge in [0, 0.05) is 24.3 Å². The third-order valence-electron chi connectivity index (χ3n) is 3.93. The van der Waals surface area contributed by atoms with Crippen LogP contribution in [-0.2, 0) is 0 Å². The minimum absolute atomic E-state index is 0.333. The molecule has 1 aromatic rings. The van der Waals surface area contributed by atoms with Crippen LogP contribution in [-0.4, -0.2) is 31.1 Å². The number of nitrogens with zero attached hydrogens (tertiary/aromatic N) is 1. The molecular weight excluding hydrogens is 250 g/mol. The van der Waals surface area contributed by atoms with Crippen LogP contribution in [0, 0.1) is 0 Å². The summed E-state index contributed by atoms with van der Waals surface area (Å²) in [5.74, 6) is -0.358. The van der Waals surface area contributed by atoms with Gasteiger partial charge in [0.2, 0.25) is 0 Å². The molecule has 1 aliphatic heterocycles. The monoisotopic (exact) mass is 275 g/mol. The van der Waals surface area contributed by atoms with Crippen LogP contribution in [0.4, 0.5) is 5.69 Å². The van der Waals surface area contributed by atoms with E-state index in [1.807, 2.05) is 18.2 Å². The van der Waals surface area contributed by atoms with Crippen molar-refractivity contribution < 1.29 is 4.79 Å². The van der Waals surface area contributed by atoms with Gasteiger partial charge < -0.3 is 16.0 Å². The maximum Gasteiger partial charge on any atom is 0.250 e. The summed E-state index contributed by atoms with van der Waals surface area (Å²) in [4.78, 5) is 13.9. The fourth-order valence-electron chi connectivity index (χ4n) is 2.84. The molecule has 1 amide bonds. The first-order valence-corrected chi connectivity index (χ1v) is 7.48. The average Bonchev–Trinajstić information content (AvgIpc) is 2.45. The second-order valence-electron chi connectivity index (χ2n) is 5.77. The highest BCUT2D eigenvalue weighted by Gasteiger charge is 2.21. The molecule has 4 heteroatoms. The molecule has 20 heavy (non-hydrogen) atoms. The van der Waals surface area contributed by atoms with Crippen LogP contribution in [0.3, 0.4) is 0 Å². The molecule has 1 saturated heterocycles. The SMILES string of the molecule is CC(C)N(CC1CCCCN1)c1ccccc1C(N)=O. The van der Waals surface area contributed by atoms with Crippen molar-refractivity contribution in [2.45, 2.75) is 45.2 Å². The van der Waals surface area contributed by atoms with Crippen molar-refractivity contribution >= 4 is 11.6 Å². The molecule has 1 aromatic carbocycles. The number of carbonyl (C=O) groups excluding carboxylic acids is 1. The summed E-state index contributed by atoms with van der Waals surface area (Å²) >= 11 is 0. The van der Waals surface area contributed by atoms with Gasteiger partial charge in [-0.2, -0.15) is 0 Å². The van der Waals surface area contributed by atoms with E-state index in [0.29, 0.717) is 17.6 Å². The van der Waals surface area contributed by atoms with E-state index in [4.69, 9.17) is 5.73 Å². The lowest BCUT2D eigenvalue weighted by Gasteiger charge is -2.35. The molecule has 2 rings (SSSR count). The summed E-state index contributed by atoms with van der Waals surface area (Å²) in [6.07, 6.45) is 3.74. The number of rotatable bonds is 5. The fourth-order valence-corrected chi connectivity index (χ4v) is 2.84. The van der Waals surface area contributed by atoms with Crippen LogP contribution >= 0.6 is 0 Å². The molecule has 1 unspecified atom stereocenters. The predicted octanol–water partition coefficient (Wildman–Crippen LogP) is 2.14. The molecule has 4 nitrogen and oxygen atoms in total. The van der Waals surface area contributed by atoms with Gasteiger partial charge in [-0.05, 0) is 45.4 Å². The summed E-state index contributed by atoms with van der Waals surface area (Å²) in [5, 5.41) is 3.57. The average molecular weight is 275 g/mol. The van der Waals surface area contributed by atoms with E-state index in [1.54, 1.807) is 6.07 Å². The highest BCUT2D eigenvalue weighted by molar-refractivity contribution is 5.98. The molecule has 0 spiro atoms. The van der Waals surface area contributed by atoms with Gasteiger partial charge in [0.15, 0.2) is 0 Å². The summed E-state index contributed by atoms with van der Waals surface area (Å²) in [6.45, 7) is 6.32. The molecule has 0 radical (unpaired) electrons. The number of hydrogen-bond acceptors (Lipinski definition) is 3. The predicted molar refractivity (Wildman–Crippen MR) is 83.1 cm³/mol. The van der Waals surface area contributed by atoms with Gasteiger partial charge in [-0.3, -0.25) is 4.79 Å². The van der Waals surface area contributed by atoms with E-state index in [2.05, 4.69) is 24.1 Å². The van der Waals surface area contributed by atoms with Crippen molar-refractivity contribution in [3.63, 3.8) is 0 Å². The van der Waals surface area contributed by atoms with E-state index in [1.165, 1.54) is 19.3 Å². The number of amides is 1. The van der Waals surface area contributed by atoms with E-state index in [0.717, 1.165) is 18.8 Å². The Balaban J connectivity index is 2.21. The maximum atomic E-state index is 11.6. The first-order chi connectivity index (χ1) is 9.59. The van der Waals surface area contributed by atoms with Crippen LogP contribution in [0.15, 0.2) is 24.3 Å². The molecule has 1 aliphatic rings. The van der Waals surface area contributed by atoms with E-state index >= 15 is 0 Å². The van der Waals surface area contributed by atoms with E-state index in [9.17, 15) is 4.79 Å². The third kappa shape index (κ3) is 3.51. The summed E-state index contributed by atoms with van der Waals surface area (Å²) in [6, 6.07) is 8.45. The third-order valence-corrected chi connectivity index (χ3v) is 3.93. The summed E-state index contributed by atoms with van der Waals surface area (Å²) < 4.78 is 0. The van der Waals surface area contributed by atoms with Crippen molar-refractivity contribution in [1.29, 1.82) is 0 Å². The Bertz CT molecular complexity index is 453. The number of para-hydroxylation sites is 1. The van der Waals surface area contributed by atoms with Crippen molar-refractivity contribution in [2.24, 2.45) is 5.73 Å². The topological polar surface area (TPSA) is 58.4 Å². The molecule has 0 saturated carbocycles. The molecule has 3 N–H and O–H groups in total. The Morgan fingerprint density at radius 1 is 1.40 bits per heavy atom. The molecular formula is C16H25N3O. The molecule has 0 bridgehead atoms. The number of hydrogen-bond donors (Lipinski definition) is 2. The fraction of sp³-hybridized carbons (Fsp3) is 0.562. The zero-order valence-corrected chi connectivity index (χ0v) is 12.4. The Labute approximate surface area is 121 Å². The smallest absolute Gasteiger partial charge is 0.250 e. The standard InChI is InChI=1S/C16H25N3O/c1-12(2)19(11-13-7-5-6-10-18-13)15-9-4-3-8-14(15)16(17)20/h3-4,8-9,12-13,18H,5-7,10-11H2,1-2H3,(H2,17,20). The summed E-state index contributed by atoms with van der Waals surface area (Å²) in [7, 11) is 0. The van der Waals surface area contributed by atoms with Crippen LogP contribution in [0.25, 0.3) is 0 Å². The minimum atomic E-state index is -0.358. The van der Waals surface area contributed by atoms with Gasteiger partial charge in [-0.25, -0.2) is 0 Å². The van der Waals surface area contributed by atoms with Gasteiger partial charge >= 0.3 is 0 Å². The highest BCUT2D eigenvalue weighted by Crippen LogP contribution is 2.23. The number of piperidine rings is 1. The Morgan fingerprint density at radius 3 is 2.75 bits per heavy atom. The maximum absolute atomic E-state index is 11.6. The van der Waals surface area contributed by atoms with Crippen LogP contribution < -0.4 is 16.0 Å². The molecule has 0 aromatic heterocycles. The lowest BCUT2D eigenvalue weighted by Crippen LogP contribution is -2.46. The minimum Gasteiger partial charge on any atom is -0.367 e. The van der Waals surface area contributed by atoms with Gasteiger partial charge in [0.1, 0.15) is 0 Å². The van der Waals surface area contributed by atoms with Gasteiger partial charge in [-0.15, -0.1) is 0 Å². The second-order valence-corrected chi connectivity index (χ2v) is 5.77. The zero-order valence-electron chi connectivity index (χ0n) is 12.4. The lowest BCUT2D eigenvalue weighted by molar-refractivity contribution is 0.100. The van der Waals surface area contributed by atoms with Crippen molar-refractivity contribution in [2.75, 3.05) is 18.0 Å². The lowest BCUT2D eigenvalue weighted by atomic mass is 10.0. The molecule has 1 heterocycles. The van der Waals surface area contributed by atoms with Gasteiger partial charge in [0.25, 0.3) is 5.91 Å². The molecule has 1 fully saturated rings. The van der Waals surface area contributed by atoms with Crippen molar-refractivity contribution in [1.82, 2.24) is 5.32 Å². The number of benzene rings is 1. The number of carbonyl (C=O) groups is 1. The molecule has 110 valence electrons. The number of anilines is 1. The number of nitrogens with two attached hydrogens (primary N) is 1. The second kappa shape index (κ2) is 6.75. The van der Waals surface area contributed by atoms with Crippen molar-refractivity contribution in [3.05, 3.63) is 29.8 Å². The highest BCUT2D eigenvalue weighted by atomic mass is 16.1. The Hall–Kier alpha value is -1.55. The van der Waals surface area contributed by atoms with Crippen molar-refractivity contribution in [3.8, 4) is 0 Å². The van der Waals surface area contributed by atoms with Crippen LogP contribution in [0.5, 0.6) is 0 Å². The van der Waals surface area contributed by atoms with E-state index < -0.39 is 0 Å². The summed E-state index contributed by atoms with van der Waals surface area (Å²) in [5.41, 5.74) is 7.06. The Kier molecular flexibility index (Phi) is 5.01. The Morgan fingerprint density at radius 2 is 2.15 bits per heavy atom. The van der Waals surface area contributed by atoms with Crippen LogP contribution in [0.1, 0.15) is 43.5 Å². The number of primary amides is 1. The molecule has 1 atom stereocenters. The first-order valence-electron chi connectivity index (χ1n) is 7.48. The largest absolute Gasteiger partial charge is 0.367 e. The van der Waals surface area contributed by atoms with Gasteiger partial charge in [-0.1, -0.05) is 18.6 Å². The zero-order chi connectivity index (χ0) is 14.5. The normalized spacial score (nSPS) is 19.1. The van der Waals surface area contributed by atoms with Gasteiger partial charge in [0.05, 0.1) is 5.56 Å².